The van der Waals surface area contributed by atoms with Crippen LogP contribution >= 0.6 is 22.9 Å². The van der Waals surface area contributed by atoms with E-state index in [0.717, 1.165) is 4.88 Å². The second-order valence-electron chi connectivity index (χ2n) is 4.04. The molecule has 2 aromatic rings. The number of carbonyl (C=O) groups is 1. The van der Waals surface area contributed by atoms with Gasteiger partial charge in [-0.3, -0.25) is 4.79 Å². The van der Waals surface area contributed by atoms with Crippen molar-refractivity contribution in [2.75, 3.05) is 6.61 Å². The lowest BCUT2D eigenvalue weighted by atomic mass is 10.1. The van der Waals surface area contributed by atoms with Crippen LogP contribution in [0.4, 0.5) is 4.39 Å². The Morgan fingerprint density at radius 2 is 2.19 bits per heavy atom. The number of aliphatic hydroxyl groups excluding tert-OH is 1. The molecule has 1 heterocycles. The lowest BCUT2D eigenvalue weighted by Crippen LogP contribution is -2.23. The number of benzene rings is 1. The van der Waals surface area contributed by atoms with Crippen LogP contribution in [0.1, 0.15) is 20.8 Å². The first kappa shape index (κ1) is 15.5. The number of thiophene rings is 1. The molecule has 1 aromatic heterocycles. The third kappa shape index (κ3) is 4.30. The highest BCUT2D eigenvalue weighted by Crippen LogP contribution is 2.21. The van der Waals surface area contributed by atoms with Gasteiger partial charge in [-0.15, -0.1) is 11.3 Å². The molecule has 21 heavy (non-hydrogen) atoms. The molecule has 2 N–H and O–H groups in total. The van der Waals surface area contributed by atoms with Gasteiger partial charge in [0.25, 0.3) is 5.91 Å². The minimum Gasteiger partial charge on any atom is -0.384 e. The van der Waals surface area contributed by atoms with E-state index in [-0.39, 0.29) is 18.7 Å². The monoisotopic (exact) mass is 323 g/mol. The van der Waals surface area contributed by atoms with E-state index in [1.165, 1.54) is 29.5 Å². The molecule has 6 heteroatoms. The molecule has 3 nitrogen and oxygen atoms in total. The maximum absolute atomic E-state index is 13.7. The van der Waals surface area contributed by atoms with Crippen molar-refractivity contribution in [1.29, 1.82) is 0 Å². The molecule has 0 spiro atoms. The molecule has 0 aliphatic rings. The first-order valence-corrected chi connectivity index (χ1v) is 7.21. The van der Waals surface area contributed by atoms with Crippen molar-refractivity contribution in [1.82, 2.24) is 5.32 Å². The summed E-state index contributed by atoms with van der Waals surface area (Å²) in [6, 6.07) is 7.52. The summed E-state index contributed by atoms with van der Waals surface area (Å²) in [5.74, 6) is 3.94. The van der Waals surface area contributed by atoms with Crippen LogP contribution < -0.4 is 5.32 Å². The topological polar surface area (TPSA) is 49.3 Å². The quantitative estimate of drug-likeness (QED) is 0.853. The molecule has 0 radical (unpaired) electrons. The Balaban J connectivity index is 2.10. The summed E-state index contributed by atoms with van der Waals surface area (Å²) in [4.78, 5) is 12.9. The van der Waals surface area contributed by atoms with Gasteiger partial charge in [0.15, 0.2) is 0 Å². The van der Waals surface area contributed by atoms with E-state index < -0.39 is 11.7 Å². The van der Waals surface area contributed by atoms with Crippen LogP contribution in [0.2, 0.25) is 4.34 Å². The fourth-order valence-corrected chi connectivity index (χ4v) is 2.66. The van der Waals surface area contributed by atoms with Crippen LogP contribution in [0.25, 0.3) is 0 Å². The van der Waals surface area contributed by atoms with Gasteiger partial charge in [0, 0.05) is 10.4 Å². The van der Waals surface area contributed by atoms with E-state index in [4.69, 9.17) is 16.7 Å². The summed E-state index contributed by atoms with van der Waals surface area (Å²) >= 11 is 7.15. The minimum absolute atomic E-state index is 0.0811. The van der Waals surface area contributed by atoms with Gasteiger partial charge >= 0.3 is 0 Å². The summed E-state index contributed by atoms with van der Waals surface area (Å²) in [6.07, 6.45) is 0. The molecule has 0 aliphatic carbocycles. The molecular formula is C15H11ClFNO2S. The van der Waals surface area contributed by atoms with Crippen LogP contribution in [-0.4, -0.2) is 17.6 Å². The Hall–Kier alpha value is -1.87. The third-order valence-corrected chi connectivity index (χ3v) is 3.81. The number of hydrogen-bond donors (Lipinski definition) is 2. The van der Waals surface area contributed by atoms with E-state index in [1.54, 1.807) is 12.1 Å². The number of aliphatic hydroxyl groups is 1. The van der Waals surface area contributed by atoms with Gasteiger partial charge < -0.3 is 10.4 Å². The van der Waals surface area contributed by atoms with Crippen molar-refractivity contribution in [3.05, 3.63) is 56.5 Å². The molecule has 108 valence electrons. The second-order valence-corrected chi connectivity index (χ2v) is 5.84. The maximum atomic E-state index is 13.7. The SMILES string of the molecule is O=C(NCc1ccc(Cl)s1)c1cc(C#CCO)ccc1F. The number of rotatable bonds is 3. The van der Waals surface area contributed by atoms with Gasteiger partial charge in [-0.25, -0.2) is 4.39 Å². The Morgan fingerprint density at radius 3 is 2.86 bits per heavy atom. The summed E-state index contributed by atoms with van der Waals surface area (Å²) in [7, 11) is 0. The number of nitrogens with one attached hydrogen (secondary N) is 1. The van der Waals surface area contributed by atoms with Crippen molar-refractivity contribution in [3.63, 3.8) is 0 Å². The summed E-state index contributed by atoms with van der Waals surface area (Å²) in [6.45, 7) is -0.0136. The fraction of sp³-hybridized carbons (Fsp3) is 0.133. The number of hydrogen-bond acceptors (Lipinski definition) is 3. The number of carbonyl (C=O) groups excluding carboxylic acids is 1. The summed E-state index contributed by atoms with van der Waals surface area (Å²) in [5, 5.41) is 11.3. The van der Waals surface area contributed by atoms with Crippen molar-refractivity contribution in [2.45, 2.75) is 6.54 Å². The number of amides is 1. The van der Waals surface area contributed by atoms with Gasteiger partial charge in [-0.2, -0.15) is 0 Å². The lowest BCUT2D eigenvalue weighted by Gasteiger charge is -2.05. The molecule has 0 bridgehead atoms. The molecule has 0 atom stereocenters. The van der Waals surface area contributed by atoms with Crippen molar-refractivity contribution < 1.29 is 14.3 Å². The first-order chi connectivity index (χ1) is 10.1. The van der Waals surface area contributed by atoms with Gasteiger partial charge in [0.2, 0.25) is 0 Å². The highest BCUT2D eigenvalue weighted by atomic mass is 35.5. The zero-order valence-corrected chi connectivity index (χ0v) is 12.4. The van der Waals surface area contributed by atoms with Crippen LogP contribution in [0.3, 0.4) is 0 Å². The Morgan fingerprint density at radius 1 is 1.38 bits per heavy atom. The standard InChI is InChI=1S/C15H11ClFNO2S/c16-14-6-4-11(21-14)9-18-15(20)12-8-10(2-1-7-19)3-5-13(12)17/h3-6,8,19H,7,9H2,(H,18,20). The Bertz CT molecular complexity index is 718. The van der Waals surface area contributed by atoms with E-state index >= 15 is 0 Å². The normalized spacial score (nSPS) is 9.86. The maximum Gasteiger partial charge on any atom is 0.254 e. The third-order valence-electron chi connectivity index (χ3n) is 2.57. The van der Waals surface area contributed by atoms with Crippen molar-refractivity contribution >= 4 is 28.8 Å². The van der Waals surface area contributed by atoms with Crippen LogP contribution in [0.5, 0.6) is 0 Å². The average molecular weight is 324 g/mol. The molecule has 1 amide bonds. The minimum atomic E-state index is -0.619. The van der Waals surface area contributed by atoms with Crippen LogP contribution in [0.15, 0.2) is 30.3 Å². The van der Waals surface area contributed by atoms with E-state index in [9.17, 15) is 9.18 Å². The largest absolute Gasteiger partial charge is 0.384 e. The molecule has 0 aliphatic heterocycles. The Labute approximate surface area is 130 Å². The highest BCUT2D eigenvalue weighted by molar-refractivity contribution is 7.16. The Kier molecular flexibility index (Phi) is 5.34. The van der Waals surface area contributed by atoms with Crippen molar-refractivity contribution in [2.24, 2.45) is 0 Å². The van der Waals surface area contributed by atoms with Gasteiger partial charge in [0.1, 0.15) is 12.4 Å². The second kappa shape index (κ2) is 7.23. The zero-order chi connectivity index (χ0) is 15.2. The fourth-order valence-electron chi connectivity index (χ4n) is 1.63. The predicted octanol–water partition coefficient (Wildman–Crippen LogP) is 2.81. The molecule has 1 aromatic carbocycles. The molecule has 0 saturated carbocycles. The molecule has 0 unspecified atom stereocenters. The first-order valence-electron chi connectivity index (χ1n) is 6.02. The summed E-state index contributed by atoms with van der Waals surface area (Å²) in [5.41, 5.74) is 0.386. The van der Waals surface area contributed by atoms with E-state index in [2.05, 4.69) is 17.2 Å². The van der Waals surface area contributed by atoms with Crippen LogP contribution in [0, 0.1) is 17.7 Å². The van der Waals surface area contributed by atoms with Gasteiger partial charge in [-0.05, 0) is 30.3 Å². The van der Waals surface area contributed by atoms with Crippen LogP contribution in [-0.2, 0) is 6.54 Å². The average Bonchev–Trinajstić information content (AvgIpc) is 2.89. The van der Waals surface area contributed by atoms with E-state index in [1.807, 2.05) is 0 Å². The highest BCUT2D eigenvalue weighted by Gasteiger charge is 2.12. The lowest BCUT2D eigenvalue weighted by molar-refractivity contribution is 0.0947. The zero-order valence-electron chi connectivity index (χ0n) is 10.8. The molecule has 2 rings (SSSR count). The molecule has 0 saturated heterocycles. The molecular weight excluding hydrogens is 313 g/mol. The van der Waals surface area contributed by atoms with E-state index in [0.29, 0.717) is 9.90 Å². The molecule has 0 fully saturated rings. The van der Waals surface area contributed by atoms with Gasteiger partial charge in [-0.1, -0.05) is 23.4 Å². The summed E-state index contributed by atoms with van der Waals surface area (Å²) < 4.78 is 14.3. The smallest absolute Gasteiger partial charge is 0.254 e. The number of halogens is 2. The predicted molar refractivity (Wildman–Crippen MR) is 80.9 cm³/mol. The van der Waals surface area contributed by atoms with Gasteiger partial charge in [0.05, 0.1) is 16.4 Å². The van der Waals surface area contributed by atoms with Crippen molar-refractivity contribution in [3.8, 4) is 11.8 Å².